The van der Waals surface area contributed by atoms with Gasteiger partial charge < -0.3 is 11.1 Å². The van der Waals surface area contributed by atoms with E-state index in [0.29, 0.717) is 11.6 Å². The molecule has 15 heavy (non-hydrogen) atoms. The molecule has 0 aromatic heterocycles. The first-order chi connectivity index (χ1) is 7.00. The molecule has 0 saturated carbocycles. The molecule has 1 aromatic carbocycles. The average Bonchev–Trinajstić information content (AvgIpc) is 2.15. The number of benzene rings is 1. The highest BCUT2D eigenvalue weighted by molar-refractivity contribution is 6.30. The van der Waals surface area contributed by atoms with Gasteiger partial charge in [-0.25, -0.2) is 0 Å². The van der Waals surface area contributed by atoms with E-state index in [-0.39, 0.29) is 11.8 Å². The van der Waals surface area contributed by atoms with Gasteiger partial charge in [0.15, 0.2) is 0 Å². The van der Waals surface area contributed by atoms with E-state index in [0.717, 1.165) is 11.3 Å². The molecule has 0 aliphatic heterocycles. The molecular weight excluding hydrogens is 212 g/mol. The van der Waals surface area contributed by atoms with E-state index < -0.39 is 0 Å². The second kappa shape index (κ2) is 5.03. The Morgan fingerprint density at radius 3 is 2.80 bits per heavy atom. The molecule has 1 aromatic rings. The van der Waals surface area contributed by atoms with Gasteiger partial charge in [-0.1, -0.05) is 18.5 Å². The van der Waals surface area contributed by atoms with E-state index in [1.807, 2.05) is 25.1 Å². The lowest BCUT2D eigenvalue weighted by Crippen LogP contribution is -2.26. The Balaban J connectivity index is 2.62. The Morgan fingerprint density at radius 1 is 1.60 bits per heavy atom. The molecule has 1 rings (SSSR count). The summed E-state index contributed by atoms with van der Waals surface area (Å²) in [5.74, 6) is -0.478. The number of carbonyl (C=O) groups is 1. The van der Waals surface area contributed by atoms with Crippen LogP contribution in [0.1, 0.15) is 12.5 Å². The Hall–Kier alpha value is -1.22. The molecule has 3 nitrogen and oxygen atoms in total. The summed E-state index contributed by atoms with van der Waals surface area (Å²) in [4.78, 5) is 10.8. The average molecular weight is 227 g/mol. The van der Waals surface area contributed by atoms with Crippen LogP contribution in [0.2, 0.25) is 5.02 Å². The van der Waals surface area contributed by atoms with Gasteiger partial charge in [-0.2, -0.15) is 0 Å². The van der Waals surface area contributed by atoms with Crippen LogP contribution in [-0.4, -0.2) is 12.5 Å². The molecular formula is C11H15ClN2O. The van der Waals surface area contributed by atoms with Crippen LogP contribution in [0.15, 0.2) is 18.2 Å². The van der Waals surface area contributed by atoms with Gasteiger partial charge in [0, 0.05) is 17.3 Å². The SMILES string of the molecule is Cc1cc(Cl)ccc1NCC(C)C(N)=O. The standard InChI is InChI=1S/C11H15ClN2O/c1-7-5-9(12)3-4-10(7)14-6-8(2)11(13)15/h3-5,8,14H,6H2,1-2H3,(H2,13,15). The summed E-state index contributed by atoms with van der Waals surface area (Å²) in [5, 5.41) is 3.87. The minimum Gasteiger partial charge on any atom is -0.384 e. The zero-order chi connectivity index (χ0) is 11.4. The molecule has 0 bridgehead atoms. The molecule has 0 spiro atoms. The third-order valence-electron chi connectivity index (χ3n) is 2.27. The fourth-order valence-corrected chi connectivity index (χ4v) is 1.42. The third-order valence-corrected chi connectivity index (χ3v) is 2.51. The summed E-state index contributed by atoms with van der Waals surface area (Å²) in [6.45, 7) is 4.29. The number of rotatable bonds is 4. The van der Waals surface area contributed by atoms with Gasteiger partial charge in [0.05, 0.1) is 5.92 Å². The topological polar surface area (TPSA) is 55.1 Å². The monoisotopic (exact) mass is 226 g/mol. The molecule has 3 N–H and O–H groups in total. The maximum absolute atomic E-state index is 10.8. The molecule has 0 aliphatic rings. The van der Waals surface area contributed by atoms with Crippen molar-refractivity contribution < 1.29 is 4.79 Å². The van der Waals surface area contributed by atoms with Crippen LogP contribution in [-0.2, 0) is 4.79 Å². The van der Waals surface area contributed by atoms with Crippen LogP contribution < -0.4 is 11.1 Å². The fraction of sp³-hybridized carbons (Fsp3) is 0.364. The summed E-state index contributed by atoms with van der Waals surface area (Å²) in [7, 11) is 0. The molecule has 1 atom stereocenters. The van der Waals surface area contributed by atoms with E-state index in [1.54, 1.807) is 6.92 Å². The first kappa shape index (κ1) is 11.9. The highest BCUT2D eigenvalue weighted by atomic mass is 35.5. The fourth-order valence-electron chi connectivity index (χ4n) is 1.19. The lowest BCUT2D eigenvalue weighted by molar-refractivity contribution is -0.120. The molecule has 0 saturated heterocycles. The first-order valence-corrected chi connectivity index (χ1v) is 5.18. The van der Waals surface area contributed by atoms with Gasteiger partial charge in [-0.3, -0.25) is 4.79 Å². The van der Waals surface area contributed by atoms with Gasteiger partial charge >= 0.3 is 0 Å². The summed E-state index contributed by atoms with van der Waals surface area (Å²) in [6, 6.07) is 5.58. The predicted molar refractivity (Wildman–Crippen MR) is 63.0 cm³/mol. The molecule has 82 valence electrons. The van der Waals surface area contributed by atoms with E-state index in [2.05, 4.69) is 5.32 Å². The summed E-state index contributed by atoms with van der Waals surface area (Å²) in [6.07, 6.45) is 0. The van der Waals surface area contributed by atoms with Crippen molar-refractivity contribution >= 4 is 23.2 Å². The molecule has 0 aliphatic carbocycles. The molecule has 1 amide bonds. The minimum absolute atomic E-state index is 0.180. The summed E-state index contributed by atoms with van der Waals surface area (Å²) < 4.78 is 0. The van der Waals surface area contributed by atoms with Gasteiger partial charge in [-0.05, 0) is 30.7 Å². The number of amides is 1. The van der Waals surface area contributed by atoms with E-state index in [4.69, 9.17) is 17.3 Å². The number of hydrogen-bond acceptors (Lipinski definition) is 2. The number of carbonyl (C=O) groups excluding carboxylic acids is 1. The second-order valence-electron chi connectivity index (χ2n) is 3.64. The van der Waals surface area contributed by atoms with Crippen molar-refractivity contribution in [3.05, 3.63) is 28.8 Å². The van der Waals surface area contributed by atoms with Crippen LogP contribution in [0, 0.1) is 12.8 Å². The predicted octanol–water partition coefficient (Wildman–Crippen LogP) is 2.18. The van der Waals surface area contributed by atoms with Gasteiger partial charge in [0.25, 0.3) is 0 Å². The zero-order valence-corrected chi connectivity index (χ0v) is 9.64. The summed E-state index contributed by atoms with van der Waals surface area (Å²) >= 11 is 5.83. The van der Waals surface area contributed by atoms with Gasteiger partial charge in [0.1, 0.15) is 0 Å². The van der Waals surface area contributed by atoms with Crippen molar-refractivity contribution in [2.45, 2.75) is 13.8 Å². The number of anilines is 1. The number of aryl methyl sites for hydroxylation is 1. The van der Waals surface area contributed by atoms with E-state index in [9.17, 15) is 4.79 Å². The molecule has 0 fully saturated rings. The molecule has 4 heteroatoms. The third kappa shape index (κ3) is 3.44. The largest absolute Gasteiger partial charge is 0.384 e. The van der Waals surface area contributed by atoms with Crippen LogP contribution in [0.4, 0.5) is 5.69 Å². The lowest BCUT2D eigenvalue weighted by Gasteiger charge is -2.12. The lowest BCUT2D eigenvalue weighted by atomic mass is 10.1. The van der Waals surface area contributed by atoms with Crippen LogP contribution in [0.3, 0.4) is 0 Å². The van der Waals surface area contributed by atoms with Crippen molar-refractivity contribution in [3.8, 4) is 0 Å². The maximum Gasteiger partial charge on any atom is 0.222 e. The Labute approximate surface area is 94.6 Å². The second-order valence-corrected chi connectivity index (χ2v) is 4.08. The van der Waals surface area contributed by atoms with Crippen LogP contribution in [0.5, 0.6) is 0 Å². The highest BCUT2D eigenvalue weighted by Crippen LogP contribution is 2.19. The summed E-state index contributed by atoms with van der Waals surface area (Å²) in [5.41, 5.74) is 7.20. The van der Waals surface area contributed by atoms with Crippen molar-refractivity contribution in [3.63, 3.8) is 0 Å². The van der Waals surface area contributed by atoms with Gasteiger partial charge in [-0.15, -0.1) is 0 Å². The van der Waals surface area contributed by atoms with Crippen molar-refractivity contribution in [2.75, 3.05) is 11.9 Å². The Kier molecular flexibility index (Phi) is 3.97. The van der Waals surface area contributed by atoms with Crippen molar-refractivity contribution in [1.82, 2.24) is 0 Å². The number of nitrogens with two attached hydrogens (primary N) is 1. The number of hydrogen-bond donors (Lipinski definition) is 2. The molecule has 0 radical (unpaired) electrons. The van der Waals surface area contributed by atoms with Crippen molar-refractivity contribution in [1.29, 1.82) is 0 Å². The minimum atomic E-state index is -0.297. The number of halogens is 1. The zero-order valence-electron chi connectivity index (χ0n) is 8.88. The number of primary amides is 1. The molecule has 1 unspecified atom stereocenters. The quantitative estimate of drug-likeness (QED) is 0.827. The van der Waals surface area contributed by atoms with E-state index in [1.165, 1.54) is 0 Å². The van der Waals surface area contributed by atoms with E-state index >= 15 is 0 Å². The smallest absolute Gasteiger partial charge is 0.222 e. The van der Waals surface area contributed by atoms with Crippen LogP contribution in [0.25, 0.3) is 0 Å². The maximum atomic E-state index is 10.8. The highest BCUT2D eigenvalue weighted by Gasteiger charge is 2.08. The first-order valence-electron chi connectivity index (χ1n) is 4.80. The molecule has 0 heterocycles. The Morgan fingerprint density at radius 2 is 2.27 bits per heavy atom. The Bertz CT molecular complexity index is 366. The van der Waals surface area contributed by atoms with Gasteiger partial charge in [0.2, 0.25) is 5.91 Å². The number of nitrogens with one attached hydrogen (secondary N) is 1. The van der Waals surface area contributed by atoms with Crippen LogP contribution >= 0.6 is 11.6 Å². The van der Waals surface area contributed by atoms with Crippen molar-refractivity contribution in [2.24, 2.45) is 11.7 Å². The normalized spacial score (nSPS) is 12.2.